The standard InChI is InChI=1S/C18H28N2O4S/c1-11-7-12(2)10-20(9-11)25(22,23)13-5-6-15-14(8-13)16(19)17(21)18(3,4)24-15/h5-6,8,11-12,16-17,21H,7,9-10,19H2,1-4H3/t11?,12?,16-,17+/m1/s1. The zero-order valence-electron chi connectivity index (χ0n) is 15.3. The number of nitrogens with zero attached hydrogens (tertiary/aromatic N) is 1. The number of nitrogens with two attached hydrogens (primary N) is 1. The van der Waals surface area contributed by atoms with Crippen LogP contribution in [0.4, 0.5) is 0 Å². The van der Waals surface area contributed by atoms with Gasteiger partial charge in [-0.2, -0.15) is 4.31 Å². The lowest BCUT2D eigenvalue weighted by Gasteiger charge is -2.41. The van der Waals surface area contributed by atoms with Crippen molar-refractivity contribution in [1.29, 1.82) is 0 Å². The summed E-state index contributed by atoms with van der Waals surface area (Å²) in [6, 6.07) is 4.08. The number of aliphatic hydroxyl groups excluding tert-OH is 1. The Bertz CT molecular complexity index is 752. The fraction of sp³-hybridized carbons (Fsp3) is 0.667. The second-order valence-corrected chi connectivity index (χ2v) is 10.1. The van der Waals surface area contributed by atoms with Gasteiger partial charge in [0.2, 0.25) is 10.0 Å². The first kappa shape index (κ1) is 18.6. The molecule has 25 heavy (non-hydrogen) atoms. The summed E-state index contributed by atoms with van der Waals surface area (Å²) in [4.78, 5) is 0.207. The molecule has 1 aromatic carbocycles. The fourth-order valence-electron chi connectivity index (χ4n) is 3.94. The number of hydrogen-bond acceptors (Lipinski definition) is 5. The van der Waals surface area contributed by atoms with Gasteiger partial charge in [0.1, 0.15) is 17.5 Å². The Morgan fingerprint density at radius 3 is 2.44 bits per heavy atom. The van der Waals surface area contributed by atoms with Crippen LogP contribution in [0.2, 0.25) is 0 Å². The van der Waals surface area contributed by atoms with Gasteiger partial charge in [-0.15, -0.1) is 0 Å². The smallest absolute Gasteiger partial charge is 0.243 e. The molecule has 3 rings (SSSR count). The van der Waals surface area contributed by atoms with E-state index in [2.05, 4.69) is 13.8 Å². The van der Waals surface area contributed by atoms with Crippen molar-refractivity contribution in [3.05, 3.63) is 23.8 Å². The molecule has 2 aliphatic rings. The van der Waals surface area contributed by atoms with Gasteiger partial charge in [-0.25, -0.2) is 8.42 Å². The van der Waals surface area contributed by atoms with Gasteiger partial charge in [0.25, 0.3) is 0 Å². The number of rotatable bonds is 2. The Hall–Kier alpha value is -1.15. The maximum atomic E-state index is 13.1. The first-order valence-electron chi connectivity index (χ1n) is 8.79. The average Bonchev–Trinajstić information content (AvgIpc) is 2.51. The lowest BCUT2D eigenvalue weighted by Crippen LogP contribution is -2.51. The molecule has 1 saturated heterocycles. The number of benzene rings is 1. The minimum atomic E-state index is -3.59. The van der Waals surface area contributed by atoms with Gasteiger partial charge in [0.15, 0.2) is 0 Å². The largest absolute Gasteiger partial charge is 0.485 e. The quantitative estimate of drug-likeness (QED) is 0.831. The molecule has 0 spiro atoms. The van der Waals surface area contributed by atoms with Crippen LogP contribution < -0.4 is 10.5 Å². The Labute approximate surface area is 150 Å². The van der Waals surface area contributed by atoms with Crippen LogP contribution in [0.1, 0.15) is 45.7 Å². The highest BCUT2D eigenvalue weighted by Gasteiger charge is 2.42. The van der Waals surface area contributed by atoms with E-state index in [1.54, 1.807) is 36.4 Å². The number of hydrogen-bond donors (Lipinski definition) is 2. The topological polar surface area (TPSA) is 92.9 Å². The highest BCUT2D eigenvalue weighted by Crippen LogP contribution is 2.40. The molecule has 0 radical (unpaired) electrons. The van der Waals surface area contributed by atoms with Gasteiger partial charge in [0.05, 0.1) is 10.9 Å². The van der Waals surface area contributed by atoms with Gasteiger partial charge < -0.3 is 15.6 Å². The van der Waals surface area contributed by atoms with E-state index in [1.807, 2.05) is 0 Å². The van der Waals surface area contributed by atoms with Crippen LogP contribution in [-0.2, 0) is 10.0 Å². The maximum absolute atomic E-state index is 13.1. The van der Waals surface area contributed by atoms with Gasteiger partial charge >= 0.3 is 0 Å². The van der Waals surface area contributed by atoms with Crippen molar-refractivity contribution in [3.8, 4) is 5.75 Å². The molecular formula is C18H28N2O4S. The molecule has 6 nitrogen and oxygen atoms in total. The maximum Gasteiger partial charge on any atom is 0.243 e. The summed E-state index contributed by atoms with van der Waals surface area (Å²) in [7, 11) is -3.59. The van der Waals surface area contributed by atoms with Crippen molar-refractivity contribution in [3.63, 3.8) is 0 Å². The summed E-state index contributed by atoms with van der Waals surface area (Å²) in [5, 5.41) is 10.4. The molecule has 1 aromatic rings. The third-order valence-electron chi connectivity index (χ3n) is 5.24. The van der Waals surface area contributed by atoms with Crippen molar-refractivity contribution in [2.75, 3.05) is 13.1 Å². The van der Waals surface area contributed by atoms with E-state index >= 15 is 0 Å². The van der Waals surface area contributed by atoms with Crippen molar-refractivity contribution in [1.82, 2.24) is 4.31 Å². The SMILES string of the molecule is CC1CC(C)CN(S(=O)(=O)c2ccc3c(c2)[C@@H](N)[C@H](O)C(C)(C)O3)C1. The van der Waals surface area contributed by atoms with Gasteiger partial charge in [0, 0.05) is 18.7 Å². The van der Waals surface area contributed by atoms with Crippen molar-refractivity contribution in [2.24, 2.45) is 17.6 Å². The summed E-state index contributed by atoms with van der Waals surface area (Å²) in [5.41, 5.74) is 5.88. The predicted octanol–water partition coefficient (Wildman–Crippen LogP) is 1.88. The van der Waals surface area contributed by atoms with E-state index in [0.29, 0.717) is 36.2 Å². The molecule has 140 valence electrons. The van der Waals surface area contributed by atoms with Crippen LogP contribution in [0.25, 0.3) is 0 Å². The second kappa shape index (κ2) is 6.23. The van der Waals surface area contributed by atoms with Crippen LogP contribution in [-0.4, -0.2) is 42.6 Å². The van der Waals surface area contributed by atoms with Crippen LogP contribution in [0.3, 0.4) is 0 Å². The Morgan fingerprint density at radius 2 is 1.84 bits per heavy atom. The summed E-state index contributed by atoms with van der Waals surface area (Å²) in [6.45, 7) is 8.74. The predicted molar refractivity (Wildman–Crippen MR) is 95.8 cm³/mol. The summed E-state index contributed by atoms with van der Waals surface area (Å²) in [5.74, 6) is 1.20. The number of aliphatic hydroxyl groups is 1. The van der Waals surface area contributed by atoms with Gasteiger partial charge in [-0.1, -0.05) is 13.8 Å². The first-order valence-corrected chi connectivity index (χ1v) is 10.2. The number of ether oxygens (including phenoxy) is 1. The molecule has 3 N–H and O–H groups in total. The average molecular weight is 368 g/mol. The molecule has 0 aliphatic carbocycles. The summed E-state index contributed by atoms with van der Waals surface area (Å²) < 4.78 is 33.5. The van der Waals surface area contributed by atoms with Crippen LogP contribution in [0.5, 0.6) is 5.75 Å². The fourth-order valence-corrected chi connectivity index (χ4v) is 5.65. The number of sulfonamides is 1. The minimum absolute atomic E-state index is 0.207. The third kappa shape index (κ3) is 3.30. The second-order valence-electron chi connectivity index (χ2n) is 8.14. The number of fused-ring (bicyclic) bond motifs is 1. The van der Waals surface area contributed by atoms with Gasteiger partial charge in [-0.05, 0) is 50.3 Å². The van der Waals surface area contributed by atoms with Crippen molar-refractivity contribution >= 4 is 10.0 Å². The van der Waals surface area contributed by atoms with Crippen LogP contribution in [0, 0.1) is 11.8 Å². The molecule has 2 aliphatic heterocycles. The lowest BCUT2D eigenvalue weighted by molar-refractivity contribution is -0.0572. The Morgan fingerprint density at radius 1 is 1.24 bits per heavy atom. The third-order valence-corrected chi connectivity index (χ3v) is 7.07. The molecule has 0 amide bonds. The zero-order chi connectivity index (χ0) is 18.6. The van der Waals surface area contributed by atoms with Crippen molar-refractivity contribution < 1.29 is 18.3 Å². The van der Waals surface area contributed by atoms with E-state index in [0.717, 1.165) is 6.42 Å². The van der Waals surface area contributed by atoms with Crippen molar-refractivity contribution in [2.45, 2.75) is 56.8 Å². The lowest BCUT2D eigenvalue weighted by atomic mass is 9.87. The molecule has 2 unspecified atom stereocenters. The summed E-state index contributed by atoms with van der Waals surface area (Å²) in [6.07, 6.45) is 0.129. The highest BCUT2D eigenvalue weighted by atomic mass is 32.2. The molecule has 2 heterocycles. The molecule has 0 bridgehead atoms. The zero-order valence-corrected chi connectivity index (χ0v) is 16.1. The van der Waals surface area contributed by atoms with Crippen LogP contribution in [0.15, 0.2) is 23.1 Å². The Kier molecular flexibility index (Phi) is 4.64. The van der Waals surface area contributed by atoms with Gasteiger partial charge in [-0.3, -0.25) is 0 Å². The van der Waals surface area contributed by atoms with E-state index in [1.165, 1.54) is 0 Å². The van der Waals surface area contributed by atoms with Crippen LogP contribution >= 0.6 is 0 Å². The number of piperidine rings is 1. The molecule has 1 fully saturated rings. The first-order chi connectivity index (χ1) is 11.5. The minimum Gasteiger partial charge on any atom is -0.485 e. The highest BCUT2D eigenvalue weighted by molar-refractivity contribution is 7.89. The molecule has 0 saturated carbocycles. The Balaban J connectivity index is 1.97. The van der Waals surface area contributed by atoms with E-state index in [-0.39, 0.29) is 4.90 Å². The molecule has 4 atom stereocenters. The van der Waals surface area contributed by atoms with E-state index in [9.17, 15) is 13.5 Å². The van der Waals surface area contributed by atoms with E-state index in [4.69, 9.17) is 10.5 Å². The monoisotopic (exact) mass is 368 g/mol. The molecule has 7 heteroatoms. The summed E-state index contributed by atoms with van der Waals surface area (Å²) >= 11 is 0. The molecule has 0 aromatic heterocycles. The molecular weight excluding hydrogens is 340 g/mol. The van der Waals surface area contributed by atoms with E-state index < -0.39 is 27.8 Å². The normalized spacial score (nSPS) is 32.7.